The molecule has 2 N–H and O–H groups in total. The first-order valence-electron chi connectivity index (χ1n) is 7.39. The van der Waals surface area contributed by atoms with Crippen LogP contribution in [-0.2, 0) is 6.54 Å². The molecule has 1 aliphatic heterocycles. The van der Waals surface area contributed by atoms with Gasteiger partial charge in [-0.15, -0.1) is 0 Å². The second-order valence-corrected chi connectivity index (χ2v) is 5.85. The Labute approximate surface area is 116 Å². The van der Waals surface area contributed by atoms with Crippen LogP contribution in [0.15, 0.2) is 24.3 Å². The van der Waals surface area contributed by atoms with E-state index in [0.29, 0.717) is 17.7 Å². The minimum absolute atomic E-state index is 0.334. The fourth-order valence-corrected chi connectivity index (χ4v) is 2.84. The van der Waals surface area contributed by atoms with Crippen LogP contribution in [0.3, 0.4) is 0 Å². The van der Waals surface area contributed by atoms with Gasteiger partial charge in [0.15, 0.2) is 0 Å². The van der Waals surface area contributed by atoms with Gasteiger partial charge in [0.1, 0.15) is 5.75 Å². The van der Waals surface area contributed by atoms with E-state index in [0.717, 1.165) is 13.1 Å². The summed E-state index contributed by atoms with van der Waals surface area (Å²) in [5, 5.41) is 12.8. The second-order valence-electron chi connectivity index (χ2n) is 5.85. The molecule has 1 heterocycles. The number of phenolic OH excluding ortho intramolecular Hbond substituents is 1. The van der Waals surface area contributed by atoms with E-state index in [-0.39, 0.29) is 0 Å². The average molecular weight is 262 g/mol. The number of phenols is 1. The van der Waals surface area contributed by atoms with Gasteiger partial charge < -0.3 is 10.4 Å². The summed E-state index contributed by atoms with van der Waals surface area (Å²) in [5.41, 5.74) is 1.22. The summed E-state index contributed by atoms with van der Waals surface area (Å²) in [6.07, 6.45) is 2.70. The first-order valence-corrected chi connectivity index (χ1v) is 7.39. The van der Waals surface area contributed by atoms with E-state index in [1.54, 1.807) is 12.1 Å². The normalized spacial score (nSPS) is 18.1. The molecule has 1 saturated heterocycles. The molecule has 3 nitrogen and oxygen atoms in total. The number of benzene rings is 1. The summed E-state index contributed by atoms with van der Waals surface area (Å²) < 4.78 is 0. The van der Waals surface area contributed by atoms with Crippen molar-refractivity contribution in [2.24, 2.45) is 5.92 Å². The van der Waals surface area contributed by atoms with Crippen molar-refractivity contribution in [2.75, 3.05) is 19.6 Å². The lowest BCUT2D eigenvalue weighted by Gasteiger charge is -2.31. The highest BCUT2D eigenvalue weighted by Gasteiger charge is 2.23. The van der Waals surface area contributed by atoms with Gasteiger partial charge in [-0.1, -0.05) is 26.0 Å². The maximum absolute atomic E-state index is 9.26. The van der Waals surface area contributed by atoms with Crippen LogP contribution in [0.1, 0.15) is 32.3 Å². The standard InChI is InChI=1S/C16H26N2O/c1-13(2)16(18-9-3-4-10-18)12-17-11-14-5-7-15(19)8-6-14/h5-8,13,16-17,19H,3-4,9-12H2,1-2H3. The van der Waals surface area contributed by atoms with Gasteiger partial charge in [0.2, 0.25) is 0 Å². The zero-order chi connectivity index (χ0) is 13.7. The molecule has 1 aliphatic rings. The molecule has 1 atom stereocenters. The number of nitrogens with zero attached hydrogens (tertiary/aromatic N) is 1. The molecule has 3 heteroatoms. The van der Waals surface area contributed by atoms with E-state index in [9.17, 15) is 5.11 Å². The summed E-state index contributed by atoms with van der Waals surface area (Å²) in [6, 6.07) is 8.08. The number of rotatable bonds is 6. The average Bonchev–Trinajstić information content (AvgIpc) is 2.90. The van der Waals surface area contributed by atoms with Gasteiger partial charge in [-0.05, 0) is 49.5 Å². The number of nitrogens with one attached hydrogen (secondary N) is 1. The molecule has 0 radical (unpaired) electrons. The monoisotopic (exact) mass is 262 g/mol. The van der Waals surface area contributed by atoms with Crippen LogP contribution in [0, 0.1) is 5.92 Å². The van der Waals surface area contributed by atoms with Crippen LogP contribution < -0.4 is 5.32 Å². The number of aromatic hydroxyl groups is 1. The predicted octanol–water partition coefficient (Wildman–Crippen LogP) is 2.60. The summed E-state index contributed by atoms with van der Waals surface area (Å²) in [7, 11) is 0. The van der Waals surface area contributed by atoms with E-state index in [1.165, 1.54) is 31.5 Å². The van der Waals surface area contributed by atoms with Crippen LogP contribution in [-0.4, -0.2) is 35.7 Å². The molecule has 0 amide bonds. The molecule has 19 heavy (non-hydrogen) atoms. The second kappa shape index (κ2) is 6.92. The lowest BCUT2D eigenvalue weighted by atomic mass is 10.0. The van der Waals surface area contributed by atoms with Crippen LogP contribution in [0.25, 0.3) is 0 Å². The van der Waals surface area contributed by atoms with E-state index in [2.05, 4.69) is 24.1 Å². The Morgan fingerprint density at radius 1 is 1.16 bits per heavy atom. The van der Waals surface area contributed by atoms with Crippen LogP contribution >= 0.6 is 0 Å². The third-order valence-electron chi connectivity index (χ3n) is 4.00. The summed E-state index contributed by atoms with van der Waals surface area (Å²) in [6.45, 7) is 9.04. The van der Waals surface area contributed by atoms with Crippen molar-refractivity contribution >= 4 is 0 Å². The molecule has 1 fully saturated rings. The third kappa shape index (κ3) is 4.22. The molecule has 0 bridgehead atoms. The smallest absolute Gasteiger partial charge is 0.115 e. The van der Waals surface area contributed by atoms with Crippen LogP contribution in [0.4, 0.5) is 0 Å². The topological polar surface area (TPSA) is 35.5 Å². The van der Waals surface area contributed by atoms with E-state index < -0.39 is 0 Å². The maximum atomic E-state index is 9.26. The molecule has 0 aliphatic carbocycles. The highest BCUT2D eigenvalue weighted by Crippen LogP contribution is 2.17. The Balaban J connectivity index is 1.80. The van der Waals surface area contributed by atoms with Crippen molar-refractivity contribution in [3.63, 3.8) is 0 Å². The molecular weight excluding hydrogens is 236 g/mol. The van der Waals surface area contributed by atoms with Crippen molar-refractivity contribution < 1.29 is 5.11 Å². The lowest BCUT2D eigenvalue weighted by molar-refractivity contribution is 0.186. The van der Waals surface area contributed by atoms with Crippen LogP contribution in [0.5, 0.6) is 5.75 Å². The fourth-order valence-electron chi connectivity index (χ4n) is 2.84. The first-order chi connectivity index (χ1) is 9.16. The van der Waals surface area contributed by atoms with Gasteiger partial charge in [0.05, 0.1) is 0 Å². The Morgan fingerprint density at radius 2 is 1.79 bits per heavy atom. The third-order valence-corrected chi connectivity index (χ3v) is 4.00. The van der Waals surface area contributed by atoms with E-state index in [4.69, 9.17) is 0 Å². The SMILES string of the molecule is CC(C)C(CNCc1ccc(O)cc1)N1CCCC1. The highest BCUT2D eigenvalue weighted by atomic mass is 16.3. The van der Waals surface area contributed by atoms with Gasteiger partial charge in [-0.3, -0.25) is 4.90 Å². The molecule has 106 valence electrons. The van der Waals surface area contributed by atoms with Crippen molar-refractivity contribution in [2.45, 2.75) is 39.3 Å². The fraction of sp³-hybridized carbons (Fsp3) is 0.625. The van der Waals surface area contributed by atoms with Crippen molar-refractivity contribution in [1.82, 2.24) is 10.2 Å². The molecule has 1 aromatic carbocycles. The Kier molecular flexibility index (Phi) is 5.23. The predicted molar refractivity (Wildman–Crippen MR) is 79.2 cm³/mol. The molecule has 1 aromatic rings. The lowest BCUT2D eigenvalue weighted by Crippen LogP contribution is -2.44. The van der Waals surface area contributed by atoms with E-state index >= 15 is 0 Å². The minimum Gasteiger partial charge on any atom is -0.508 e. The summed E-state index contributed by atoms with van der Waals surface area (Å²) in [5.74, 6) is 1.02. The molecule has 0 saturated carbocycles. The minimum atomic E-state index is 0.334. The van der Waals surface area contributed by atoms with Gasteiger partial charge >= 0.3 is 0 Å². The first kappa shape index (κ1) is 14.4. The van der Waals surface area contributed by atoms with E-state index in [1.807, 2.05) is 12.1 Å². The van der Waals surface area contributed by atoms with Crippen molar-refractivity contribution in [3.8, 4) is 5.75 Å². The Hall–Kier alpha value is -1.06. The van der Waals surface area contributed by atoms with Gasteiger partial charge in [-0.25, -0.2) is 0 Å². The van der Waals surface area contributed by atoms with Crippen LogP contribution in [0.2, 0.25) is 0 Å². The molecular formula is C16H26N2O. The zero-order valence-electron chi connectivity index (χ0n) is 12.1. The summed E-state index contributed by atoms with van der Waals surface area (Å²) >= 11 is 0. The zero-order valence-corrected chi connectivity index (χ0v) is 12.1. The maximum Gasteiger partial charge on any atom is 0.115 e. The van der Waals surface area contributed by atoms with Gasteiger partial charge in [-0.2, -0.15) is 0 Å². The molecule has 1 unspecified atom stereocenters. The summed E-state index contributed by atoms with van der Waals surface area (Å²) in [4.78, 5) is 2.62. The molecule has 0 aromatic heterocycles. The Bertz CT molecular complexity index is 369. The number of hydrogen-bond acceptors (Lipinski definition) is 3. The number of hydrogen-bond donors (Lipinski definition) is 2. The Morgan fingerprint density at radius 3 is 2.37 bits per heavy atom. The molecule has 0 spiro atoms. The van der Waals surface area contributed by atoms with Gasteiger partial charge in [0.25, 0.3) is 0 Å². The van der Waals surface area contributed by atoms with Gasteiger partial charge in [0, 0.05) is 19.1 Å². The highest BCUT2D eigenvalue weighted by molar-refractivity contribution is 5.25. The quantitative estimate of drug-likeness (QED) is 0.827. The van der Waals surface area contributed by atoms with Crippen molar-refractivity contribution in [3.05, 3.63) is 29.8 Å². The number of likely N-dealkylation sites (tertiary alicyclic amines) is 1. The molecule has 2 rings (SSSR count). The van der Waals surface area contributed by atoms with Crippen molar-refractivity contribution in [1.29, 1.82) is 0 Å². The largest absolute Gasteiger partial charge is 0.508 e.